The highest BCUT2D eigenvalue weighted by Crippen LogP contribution is 2.42. The third-order valence-corrected chi connectivity index (χ3v) is 8.51. The van der Waals surface area contributed by atoms with E-state index in [1.807, 2.05) is 0 Å². The molecule has 1 saturated heterocycles. The Balaban J connectivity index is 1.78. The predicted molar refractivity (Wildman–Crippen MR) is 116 cm³/mol. The van der Waals surface area contributed by atoms with Crippen molar-refractivity contribution >= 4 is 8.07 Å². The summed E-state index contributed by atoms with van der Waals surface area (Å²) >= 11 is 0. The minimum absolute atomic E-state index is 0.320. The van der Waals surface area contributed by atoms with Gasteiger partial charge in [0.15, 0.2) is 0 Å². The Bertz CT molecular complexity index is 633. The van der Waals surface area contributed by atoms with E-state index in [0.717, 1.165) is 19.6 Å². The van der Waals surface area contributed by atoms with E-state index in [2.05, 4.69) is 80.3 Å². The first-order chi connectivity index (χ1) is 13.0. The normalized spacial score (nSPS) is 18.0. The lowest BCUT2D eigenvalue weighted by Crippen LogP contribution is -2.52. The van der Waals surface area contributed by atoms with Crippen molar-refractivity contribution in [3.8, 4) is 0 Å². The molecule has 0 N–H and O–H groups in total. The van der Waals surface area contributed by atoms with Crippen molar-refractivity contribution in [2.24, 2.45) is 0 Å². The molecule has 2 aromatic rings. The second kappa shape index (κ2) is 9.18. The molecule has 1 unspecified atom stereocenters. The summed E-state index contributed by atoms with van der Waals surface area (Å²) in [6, 6.07) is 21.6. The van der Waals surface area contributed by atoms with Gasteiger partial charge in [0.1, 0.15) is 5.22 Å². The maximum absolute atomic E-state index is 6.85. The molecule has 0 amide bonds. The van der Waals surface area contributed by atoms with Gasteiger partial charge in [-0.15, -0.1) is 0 Å². The van der Waals surface area contributed by atoms with E-state index in [9.17, 15) is 0 Å². The molecule has 0 aromatic heterocycles. The van der Waals surface area contributed by atoms with Crippen LogP contribution in [0.3, 0.4) is 0 Å². The molecule has 0 aliphatic carbocycles. The third-order valence-electron chi connectivity index (χ3n) is 5.68. The summed E-state index contributed by atoms with van der Waals surface area (Å²) in [6.45, 7) is 8.99. The monoisotopic (exact) mass is 382 g/mol. The van der Waals surface area contributed by atoms with E-state index >= 15 is 0 Å². The van der Waals surface area contributed by atoms with Crippen LogP contribution in [0.1, 0.15) is 43.2 Å². The molecule has 0 bridgehead atoms. The largest absolute Gasteiger partial charge is 0.378 e. The second-order valence-electron chi connectivity index (χ2n) is 8.64. The summed E-state index contributed by atoms with van der Waals surface area (Å²) in [6.07, 6.45) is 6.37. The number of benzene rings is 2. The summed E-state index contributed by atoms with van der Waals surface area (Å²) in [5, 5.41) is -0.320. The van der Waals surface area contributed by atoms with Gasteiger partial charge in [0.05, 0.1) is 14.2 Å². The molecule has 0 spiro atoms. The zero-order chi connectivity index (χ0) is 19.2. The van der Waals surface area contributed by atoms with E-state index in [1.54, 1.807) is 0 Å². The number of rotatable bonds is 9. The Morgan fingerprint density at radius 2 is 1.52 bits per heavy atom. The van der Waals surface area contributed by atoms with Gasteiger partial charge in [-0.3, -0.25) is 0 Å². The Morgan fingerprint density at radius 3 is 2.00 bits per heavy atom. The van der Waals surface area contributed by atoms with Crippen molar-refractivity contribution in [1.82, 2.24) is 0 Å². The molecule has 1 fully saturated rings. The fraction of sp³-hybridized carbons (Fsp3) is 0.500. The van der Waals surface area contributed by atoms with Gasteiger partial charge in [0.25, 0.3) is 0 Å². The molecule has 1 heterocycles. The summed E-state index contributed by atoms with van der Waals surface area (Å²) in [4.78, 5) is 0. The van der Waals surface area contributed by atoms with E-state index in [4.69, 9.17) is 9.47 Å². The quantitative estimate of drug-likeness (QED) is 0.381. The topological polar surface area (TPSA) is 18.5 Å². The Hall–Kier alpha value is -1.42. The Labute approximate surface area is 165 Å². The predicted octanol–water partition coefficient (Wildman–Crippen LogP) is 6.17. The molecular formula is C24H34O2Si. The van der Waals surface area contributed by atoms with Crippen molar-refractivity contribution in [2.45, 2.75) is 63.1 Å². The molecule has 3 rings (SSSR count). The Kier molecular flexibility index (Phi) is 6.91. The SMILES string of the molecule is C[Si](C)(C)C(OCCCCC1CCCO1)(c1ccccc1)c1ccccc1. The lowest BCUT2D eigenvalue weighted by molar-refractivity contribution is 0.0312. The summed E-state index contributed by atoms with van der Waals surface area (Å²) in [5.41, 5.74) is 2.57. The van der Waals surface area contributed by atoms with Crippen LogP contribution >= 0.6 is 0 Å². The molecule has 0 saturated carbocycles. The lowest BCUT2D eigenvalue weighted by Gasteiger charge is -2.44. The minimum atomic E-state index is -1.75. The summed E-state index contributed by atoms with van der Waals surface area (Å²) in [7, 11) is -1.75. The second-order valence-corrected chi connectivity index (χ2v) is 13.8. The van der Waals surface area contributed by atoms with Crippen LogP contribution in [0.25, 0.3) is 0 Å². The van der Waals surface area contributed by atoms with Crippen LogP contribution in [0.2, 0.25) is 19.6 Å². The third kappa shape index (κ3) is 4.71. The zero-order valence-electron chi connectivity index (χ0n) is 17.1. The Morgan fingerprint density at radius 1 is 0.926 bits per heavy atom. The van der Waals surface area contributed by atoms with Crippen LogP contribution < -0.4 is 0 Å². The molecule has 1 atom stereocenters. The number of hydrogen-bond donors (Lipinski definition) is 0. The molecule has 1 aliphatic rings. The molecule has 27 heavy (non-hydrogen) atoms. The lowest BCUT2D eigenvalue weighted by atomic mass is 10.00. The molecular weight excluding hydrogens is 348 g/mol. The van der Waals surface area contributed by atoms with Crippen molar-refractivity contribution in [2.75, 3.05) is 13.2 Å². The van der Waals surface area contributed by atoms with Gasteiger partial charge in [0.2, 0.25) is 0 Å². The van der Waals surface area contributed by atoms with E-state index < -0.39 is 8.07 Å². The van der Waals surface area contributed by atoms with Gasteiger partial charge in [-0.1, -0.05) is 80.3 Å². The average molecular weight is 383 g/mol. The van der Waals surface area contributed by atoms with Crippen molar-refractivity contribution in [3.05, 3.63) is 71.8 Å². The van der Waals surface area contributed by atoms with E-state index in [1.165, 1.54) is 36.8 Å². The molecule has 3 heteroatoms. The first kappa shape index (κ1) is 20.3. The highest BCUT2D eigenvalue weighted by Gasteiger charge is 2.47. The van der Waals surface area contributed by atoms with Crippen LogP contribution in [-0.4, -0.2) is 27.4 Å². The highest BCUT2D eigenvalue weighted by atomic mass is 28.3. The maximum Gasteiger partial charge on any atom is 0.106 e. The van der Waals surface area contributed by atoms with Gasteiger partial charge in [-0.2, -0.15) is 0 Å². The molecule has 0 radical (unpaired) electrons. The molecule has 146 valence electrons. The fourth-order valence-corrected chi connectivity index (χ4v) is 6.93. The van der Waals surface area contributed by atoms with Gasteiger partial charge in [-0.25, -0.2) is 0 Å². The number of ether oxygens (including phenoxy) is 2. The van der Waals surface area contributed by atoms with Gasteiger partial charge in [0, 0.05) is 13.2 Å². The van der Waals surface area contributed by atoms with E-state index in [-0.39, 0.29) is 5.22 Å². The summed E-state index contributed by atoms with van der Waals surface area (Å²) < 4.78 is 12.6. The first-order valence-electron chi connectivity index (χ1n) is 10.4. The van der Waals surface area contributed by atoms with Crippen molar-refractivity contribution in [1.29, 1.82) is 0 Å². The molecule has 1 aliphatic heterocycles. The average Bonchev–Trinajstić information content (AvgIpc) is 3.19. The van der Waals surface area contributed by atoms with Crippen LogP contribution in [0.4, 0.5) is 0 Å². The number of unbranched alkanes of at least 4 members (excludes halogenated alkanes) is 1. The van der Waals surface area contributed by atoms with Gasteiger partial charge >= 0.3 is 0 Å². The van der Waals surface area contributed by atoms with Crippen LogP contribution in [0, 0.1) is 0 Å². The first-order valence-corrected chi connectivity index (χ1v) is 13.9. The van der Waals surface area contributed by atoms with Crippen LogP contribution in [0.5, 0.6) is 0 Å². The fourth-order valence-electron chi connectivity index (χ4n) is 4.33. The van der Waals surface area contributed by atoms with Gasteiger partial charge < -0.3 is 9.47 Å². The molecule has 2 aromatic carbocycles. The van der Waals surface area contributed by atoms with Crippen LogP contribution in [-0.2, 0) is 14.7 Å². The zero-order valence-corrected chi connectivity index (χ0v) is 18.1. The van der Waals surface area contributed by atoms with Crippen molar-refractivity contribution < 1.29 is 9.47 Å². The molecule has 2 nitrogen and oxygen atoms in total. The smallest absolute Gasteiger partial charge is 0.106 e. The van der Waals surface area contributed by atoms with Crippen LogP contribution in [0.15, 0.2) is 60.7 Å². The number of hydrogen-bond acceptors (Lipinski definition) is 2. The van der Waals surface area contributed by atoms with Crippen molar-refractivity contribution in [3.63, 3.8) is 0 Å². The summed E-state index contributed by atoms with van der Waals surface area (Å²) in [5.74, 6) is 0. The highest BCUT2D eigenvalue weighted by molar-refractivity contribution is 6.79. The standard InChI is InChI=1S/C24H34O2Si/c1-27(2,3)24(21-13-6-4-7-14-21,22-15-8-5-9-16-22)26-20-11-10-17-23-18-12-19-25-23/h4-9,13-16,23H,10-12,17-20H2,1-3H3. The van der Waals surface area contributed by atoms with E-state index in [0.29, 0.717) is 6.10 Å². The minimum Gasteiger partial charge on any atom is -0.378 e. The maximum atomic E-state index is 6.85. The van der Waals surface area contributed by atoms with Gasteiger partial charge in [-0.05, 0) is 43.2 Å².